The van der Waals surface area contributed by atoms with E-state index in [0.29, 0.717) is 51.1 Å². The number of aromatic amines is 1. The Hall–Kier alpha value is -2.50. The molecular formula is C26H26Cl2N6O2S2. The number of benzene rings is 2. The molecule has 12 heteroatoms. The summed E-state index contributed by atoms with van der Waals surface area (Å²) in [6.45, 7) is 4.16. The lowest BCUT2D eigenvalue weighted by molar-refractivity contribution is -0.122. The minimum absolute atomic E-state index is 0.115. The monoisotopic (exact) mass is 588 g/mol. The van der Waals surface area contributed by atoms with Gasteiger partial charge in [-0.05, 0) is 73.8 Å². The van der Waals surface area contributed by atoms with Crippen molar-refractivity contribution in [1.82, 2.24) is 30.4 Å². The molecule has 2 saturated heterocycles. The largest absolute Gasteiger partial charge is 0.492 e. The number of carbonyl (C=O) groups excluding carboxylic acids is 1. The van der Waals surface area contributed by atoms with Gasteiger partial charge in [0.25, 0.3) is 5.91 Å². The van der Waals surface area contributed by atoms with Gasteiger partial charge in [-0.15, -0.1) is 10.2 Å². The lowest BCUT2D eigenvalue weighted by atomic mass is 10.0. The van der Waals surface area contributed by atoms with Crippen molar-refractivity contribution in [3.63, 3.8) is 0 Å². The fraction of sp³-hybridized carbons (Fsp3) is 0.346. The zero-order valence-electron chi connectivity index (χ0n) is 20.5. The normalized spacial score (nSPS) is 17.2. The van der Waals surface area contributed by atoms with Crippen LogP contribution in [0.3, 0.4) is 0 Å². The number of nitrogens with zero attached hydrogens (tertiary/aromatic N) is 5. The van der Waals surface area contributed by atoms with Crippen molar-refractivity contribution in [2.45, 2.75) is 25.7 Å². The van der Waals surface area contributed by atoms with Gasteiger partial charge in [-0.3, -0.25) is 14.6 Å². The van der Waals surface area contributed by atoms with Gasteiger partial charge >= 0.3 is 0 Å². The molecule has 0 spiro atoms. The number of likely N-dealkylation sites (tertiary alicyclic amines) is 1. The summed E-state index contributed by atoms with van der Waals surface area (Å²) in [4.78, 5) is 17.9. The molecule has 0 radical (unpaired) electrons. The quantitative estimate of drug-likeness (QED) is 0.246. The molecule has 1 aromatic heterocycles. The first kappa shape index (κ1) is 27.1. The van der Waals surface area contributed by atoms with E-state index in [4.69, 9.17) is 40.2 Å². The summed E-state index contributed by atoms with van der Waals surface area (Å²) in [6.07, 6.45) is 5.62. The van der Waals surface area contributed by atoms with Gasteiger partial charge < -0.3 is 4.74 Å². The van der Waals surface area contributed by atoms with Crippen molar-refractivity contribution in [3.05, 3.63) is 62.7 Å². The van der Waals surface area contributed by atoms with Gasteiger partial charge in [0.2, 0.25) is 0 Å². The second-order valence-electron chi connectivity index (χ2n) is 9.04. The molecule has 2 aromatic carbocycles. The van der Waals surface area contributed by atoms with Crippen molar-refractivity contribution >= 4 is 63.5 Å². The number of aryl methyl sites for hydroxylation is 1. The molecule has 0 aliphatic carbocycles. The number of carbonyl (C=O) groups is 1. The van der Waals surface area contributed by atoms with Crippen LogP contribution in [-0.2, 0) is 11.2 Å². The van der Waals surface area contributed by atoms with Crippen LogP contribution in [-0.4, -0.2) is 73.4 Å². The predicted octanol–water partition coefficient (Wildman–Crippen LogP) is 5.48. The summed E-state index contributed by atoms with van der Waals surface area (Å²) in [5, 5.41) is 14.9. The van der Waals surface area contributed by atoms with Crippen molar-refractivity contribution in [2.24, 2.45) is 0 Å². The third kappa shape index (κ3) is 6.55. The van der Waals surface area contributed by atoms with E-state index in [0.717, 1.165) is 42.1 Å². The number of thiocarbonyl (C=S) groups is 1. The molecule has 198 valence electrons. The highest BCUT2D eigenvalue weighted by Crippen LogP contribution is 2.37. The van der Waals surface area contributed by atoms with Gasteiger partial charge in [0.15, 0.2) is 5.82 Å². The first-order chi connectivity index (χ1) is 18.5. The van der Waals surface area contributed by atoms with Crippen LogP contribution in [0.5, 0.6) is 5.75 Å². The van der Waals surface area contributed by atoms with E-state index in [-0.39, 0.29) is 5.91 Å². The Balaban J connectivity index is 1.36. The van der Waals surface area contributed by atoms with E-state index in [2.05, 4.69) is 25.5 Å². The maximum atomic E-state index is 13.3. The molecule has 0 bridgehead atoms. The second-order valence-corrected chi connectivity index (χ2v) is 11.5. The van der Waals surface area contributed by atoms with Crippen LogP contribution < -0.4 is 4.74 Å². The first-order valence-corrected chi connectivity index (χ1v) is 14.4. The van der Waals surface area contributed by atoms with Crippen LogP contribution in [0.2, 0.25) is 10.0 Å². The van der Waals surface area contributed by atoms with E-state index in [1.165, 1.54) is 24.6 Å². The molecule has 0 unspecified atom stereocenters. The number of hydrogen-bond donors (Lipinski definition) is 1. The van der Waals surface area contributed by atoms with Crippen molar-refractivity contribution in [1.29, 1.82) is 0 Å². The first-order valence-electron chi connectivity index (χ1n) is 12.4. The van der Waals surface area contributed by atoms with Gasteiger partial charge in [0.05, 0.1) is 15.0 Å². The second kappa shape index (κ2) is 12.6. The lowest BCUT2D eigenvalue weighted by Crippen LogP contribution is -2.29. The maximum absolute atomic E-state index is 13.3. The Morgan fingerprint density at radius 2 is 1.87 bits per heavy atom. The molecule has 2 aliphatic heterocycles. The standard InChI is InChI=1S/C26H26Cl2N6O2S2/c27-20-7-5-18(15-21(20)28)17-6-8-22(36-13-12-33-9-1-2-10-33)19(14-17)16-23-25(35)34(26(37)38-23)11-3-4-24-29-31-32-30-24/h5-8,14-16H,1-4,9-13H2,(H,29,30,31,32). The van der Waals surface area contributed by atoms with Gasteiger partial charge in [0, 0.05) is 25.1 Å². The van der Waals surface area contributed by atoms with Gasteiger partial charge in [-0.1, -0.05) is 64.5 Å². The number of amides is 1. The molecule has 2 aliphatic rings. The summed E-state index contributed by atoms with van der Waals surface area (Å²) < 4.78 is 6.75. The topological polar surface area (TPSA) is 87.2 Å². The summed E-state index contributed by atoms with van der Waals surface area (Å²) in [6, 6.07) is 11.5. The SMILES string of the molecule is O=C1C(=Cc2cc(-c3ccc(Cl)c(Cl)c3)ccc2OCCN2CCCC2)SC(=S)N1CCCc1nn[nH]n1. The van der Waals surface area contributed by atoms with Crippen LogP contribution in [0.4, 0.5) is 0 Å². The molecule has 5 rings (SSSR count). The molecule has 0 atom stereocenters. The van der Waals surface area contributed by atoms with Crippen LogP contribution in [0, 0.1) is 0 Å². The maximum Gasteiger partial charge on any atom is 0.266 e. The minimum Gasteiger partial charge on any atom is -0.492 e. The lowest BCUT2D eigenvalue weighted by Gasteiger charge is -2.17. The third-order valence-corrected chi connectivity index (χ3v) is 8.57. The Kier molecular flexibility index (Phi) is 8.96. The molecule has 1 amide bonds. The Bertz CT molecular complexity index is 1350. The van der Waals surface area contributed by atoms with E-state index < -0.39 is 0 Å². The predicted molar refractivity (Wildman–Crippen MR) is 155 cm³/mol. The Morgan fingerprint density at radius 3 is 2.63 bits per heavy atom. The van der Waals surface area contributed by atoms with Crippen molar-refractivity contribution in [2.75, 3.05) is 32.8 Å². The summed E-state index contributed by atoms with van der Waals surface area (Å²) in [5.41, 5.74) is 2.67. The number of rotatable bonds is 10. The molecule has 0 saturated carbocycles. The molecule has 1 N–H and O–H groups in total. The Labute approximate surface area is 240 Å². The number of aromatic nitrogens is 4. The molecule has 38 heavy (non-hydrogen) atoms. The zero-order chi connectivity index (χ0) is 26.5. The van der Waals surface area contributed by atoms with Crippen LogP contribution in [0.1, 0.15) is 30.7 Å². The fourth-order valence-corrected chi connectivity index (χ4v) is 6.05. The van der Waals surface area contributed by atoms with E-state index in [9.17, 15) is 4.79 Å². The van der Waals surface area contributed by atoms with Crippen LogP contribution >= 0.6 is 47.2 Å². The van der Waals surface area contributed by atoms with Gasteiger partial charge in [-0.2, -0.15) is 5.21 Å². The van der Waals surface area contributed by atoms with Crippen LogP contribution in [0.25, 0.3) is 17.2 Å². The van der Waals surface area contributed by atoms with Gasteiger partial charge in [-0.25, -0.2) is 0 Å². The highest BCUT2D eigenvalue weighted by atomic mass is 35.5. The average Bonchev–Trinajstić information content (AvgIpc) is 3.67. The summed E-state index contributed by atoms with van der Waals surface area (Å²) >= 11 is 19.2. The number of H-pyrrole nitrogens is 1. The van der Waals surface area contributed by atoms with E-state index >= 15 is 0 Å². The van der Waals surface area contributed by atoms with E-state index in [1.807, 2.05) is 36.4 Å². The van der Waals surface area contributed by atoms with Crippen LogP contribution in [0.15, 0.2) is 41.3 Å². The summed E-state index contributed by atoms with van der Waals surface area (Å²) in [5.74, 6) is 1.22. The number of nitrogens with one attached hydrogen (secondary N) is 1. The summed E-state index contributed by atoms with van der Waals surface area (Å²) in [7, 11) is 0. The molecular weight excluding hydrogens is 563 g/mol. The number of halogens is 2. The number of tetrazole rings is 1. The van der Waals surface area contributed by atoms with E-state index in [1.54, 1.807) is 11.0 Å². The molecule has 3 aromatic rings. The van der Waals surface area contributed by atoms with Gasteiger partial charge in [0.1, 0.15) is 16.7 Å². The molecule has 3 heterocycles. The Morgan fingerprint density at radius 1 is 1.08 bits per heavy atom. The number of ether oxygens (including phenoxy) is 1. The zero-order valence-corrected chi connectivity index (χ0v) is 23.7. The molecule has 8 nitrogen and oxygen atoms in total. The smallest absolute Gasteiger partial charge is 0.266 e. The average molecular weight is 590 g/mol. The van der Waals surface area contributed by atoms with Crippen molar-refractivity contribution < 1.29 is 9.53 Å². The number of thioether (sulfide) groups is 1. The molecule has 2 fully saturated rings. The highest BCUT2D eigenvalue weighted by Gasteiger charge is 2.32. The fourth-order valence-electron chi connectivity index (χ4n) is 4.46. The highest BCUT2D eigenvalue weighted by molar-refractivity contribution is 8.26. The third-order valence-electron chi connectivity index (χ3n) is 6.46. The number of hydrogen-bond acceptors (Lipinski definition) is 8. The minimum atomic E-state index is -0.115. The van der Waals surface area contributed by atoms with Crippen molar-refractivity contribution in [3.8, 4) is 16.9 Å².